The van der Waals surface area contributed by atoms with Gasteiger partial charge in [-0.1, -0.05) is 6.92 Å². The summed E-state index contributed by atoms with van der Waals surface area (Å²) in [7, 11) is 0. The molecule has 1 saturated heterocycles. The minimum atomic E-state index is -0.238. The predicted molar refractivity (Wildman–Crippen MR) is 66.3 cm³/mol. The van der Waals surface area contributed by atoms with Crippen LogP contribution in [-0.4, -0.2) is 34.3 Å². The van der Waals surface area contributed by atoms with E-state index in [9.17, 15) is 5.11 Å². The number of anilines is 3. The Bertz CT molecular complexity index is 398. The van der Waals surface area contributed by atoms with Gasteiger partial charge < -0.3 is 21.2 Å². The van der Waals surface area contributed by atoms with Gasteiger partial charge in [0.1, 0.15) is 11.6 Å². The van der Waals surface area contributed by atoms with Crippen molar-refractivity contribution in [2.24, 2.45) is 11.8 Å². The average molecular weight is 238 g/mol. The fraction of sp³-hybridized carbons (Fsp3) is 0.600. The second-order valence-corrected chi connectivity index (χ2v) is 4.39. The van der Waals surface area contributed by atoms with E-state index in [2.05, 4.69) is 20.3 Å². The summed E-state index contributed by atoms with van der Waals surface area (Å²) >= 11 is 0. The largest absolute Gasteiger partial charge is 0.393 e. The van der Waals surface area contributed by atoms with Crippen LogP contribution >= 0.6 is 0 Å². The fourth-order valence-electron chi connectivity index (χ4n) is 2.03. The predicted octanol–water partition coefficient (Wildman–Crippen LogP) is -0.448. The minimum Gasteiger partial charge on any atom is -0.393 e. The molecule has 2 unspecified atom stereocenters. The van der Waals surface area contributed by atoms with Crippen LogP contribution in [0.2, 0.25) is 0 Å². The molecule has 1 aliphatic rings. The summed E-state index contributed by atoms with van der Waals surface area (Å²) in [5, 5.41) is 9.68. The number of nitrogens with two attached hydrogens (primary N) is 2. The van der Waals surface area contributed by atoms with Gasteiger partial charge in [-0.25, -0.2) is 5.84 Å². The maximum Gasteiger partial charge on any atom is 0.223 e. The Morgan fingerprint density at radius 2 is 2.29 bits per heavy atom. The van der Waals surface area contributed by atoms with Crippen molar-refractivity contribution >= 4 is 17.6 Å². The summed E-state index contributed by atoms with van der Waals surface area (Å²) in [4.78, 5) is 10.2. The van der Waals surface area contributed by atoms with E-state index in [1.807, 2.05) is 6.92 Å². The first-order valence-electron chi connectivity index (χ1n) is 5.64. The average Bonchev–Trinajstić information content (AvgIpc) is 2.32. The molecule has 1 fully saturated rings. The van der Waals surface area contributed by atoms with Gasteiger partial charge in [0.15, 0.2) is 0 Å². The zero-order valence-corrected chi connectivity index (χ0v) is 9.80. The summed E-state index contributed by atoms with van der Waals surface area (Å²) in [6.45, 7) is 3.52. The molecule has 0 aromatic carbocycles. The summed E-state index contributed by atoms with van der Waals surface area (Å²) in [6.07, 6.45) is 0.494. The maximum absolute atomic E-state index is 9.68. The summed E-state index contributed by atoms with van der Waals surface area (Å²) in [5.41, 5.74) is 8.07. The van der Waals surface area contributed by atoms with Crippen LogP contribution in [0.3, 0.4) is 0 Å². The van der Waals surface area contributed by atoms with Gasteiger partial charge in [-0.05, 0) is 12.3 Å². The first kappa shape index (κ1) is 11.9. The highest BCUT2D eigenvalue weighted by molar-refractivity contribution is 5.52. The van der Waals surface area contributed by atoms with Crippen LogP contribution < -0.4 is 21.9 Å². The highest BCUT2D eigenvalue weighted by atomic mass is 16.3. The van der Waals surface area contributed by atoms with Gasteiger partial charge in [0.25, 0.3) is 0 Å². The molecule has 17 heavy (non-hydrogen) atoms. The van der Waals surface area contributed by atoms with Crippen LogP contribution in [0, 0.1) is 5.92 Å². The molecule has 0 radical (unpaired) electrons. The van der Waals surface area contributed by atoms with E-state index < -0.39 is 0 Å². The molecule has 2 rings (SSSR count). The van der Waals surface area contributed by atoms with Crippen molar-refractivity contribution in [3.63, 3.8) is 0 Å². The van der Waals surface area contributed by atoms with E-state index in [4.69, 9.17) is 11.6 Å². The highest BCUT2D eigenvalue weighted by Crippen LogP contribution is 2.23. The molecule has 2 heterocycles. The third-order valence-electron chi connectivity index (χ3n) is 3.06. The standard InChI is InChI=1S/C10H18N6O/c1-6-5-16(3-2-7(6)17)9-4-8(15-12)13-10(11)14-9/h4,6-7,17H,2-3,5,12H2,1H3,(H3,11,13,14,15). The molecule has 2 atom stereocenters. The Labute approximate surface area is 99.8 Å². The van der Waals surface area contributed by atoms with Crippen molar-refractivity contribution < 1.29 is 5.11 Å². The molecule has 1 aromatic heterocycles. The van der Waals surface area contributed by atoms with Gasteiger partial charge in [-0.2, -0.15) is 9.97 Å². The summed E-state index contributed by atoms with van der Waals surface area (Å²) < 4.78 is 0. The maximum atomic E-state index is 9.68. The molecule has 0 spiro atoms. The smallest absolute Gasteiger partial charge is 0.223 e. The number of hydrazine groups is 1. The zero-order chi connectivity index (χ0) is 12.4. The van der Waals surface area contributed by atoms with Gasteiger partial charge in [0.05, 0.1) is 6.10 Å². The molecule has 94 valence electrons. The number of hydrogen-bond donors (Lipinski definition) is 4. The Morgan fingerprint density at radius 3 is 2.94 bits per heavy atom. The number of aliphatic hydroxyl groups excluding tert-OH is 1. The van der Waals surface area contributed by atoms with Gasteiger partial charge in [-0.15, -0.1) is 0 Å². The Balaban J connectivity index is 2.19. The molecule has 6 N–H and O–H groups in total. The van der Waals surface area contributed by atoms with Crippen molar-refractivity contribution in [1.82, 2.24) is 9.97 Å². The van der Waals surface area contributed by atoms with Gasteiger partial charge in [0, 0.05) is 19.2 Å². The number of hydrogen-bond acceptors (Lipinski definition) is 7. The molecule has 0 bridgehead atoms. The summed E-state index contributed by atoms with van der Waals surface area (Å²) in [5.74, 6) is 6.95. The number of piperidine rings is 1. The molecule has 0 saturated carbocycles. The highest BCUT2D eigenvalue weighted by Gasteiger charge is 2.25. The van der Waals surface area contributed by atoms with Crippen molar-refractivity contribution in [2.45, 2.75) is 19.4 Å². The lowest BCUT2D eigenvalue weighted by atomic mass is 9.97. The van der Waals surface area contributed by atoms with E-state index in [-0.39, 0.29) is 18.0 Å². The Kier molecular flexibility index (Phi) is 3.30. The van der Waals surface area contributed by atoms with Crippen LogP contribution in [0.5, 0.6) is 0 Å². The van der Waals surface area contributed by atoms with Gasteiger partial charge in [-0.3, -0.25) is 0 Å². The fourth-order valence-corrected chi connectivity index (χ4v) is 2.03. The summed E-state index contributed by atoms with van der Waals surface area (Å²) in [6, 6.07) is 1.75. The molecule has 0 amide bonds. The molecular formula is C10H18N6O. The first-order valence-corrected chi connectivity index (χ1v) is 5.64. The lowest BCUT2D eigenvalue weighted by Crippen LogP contribution is -2.42. The first-order chi connectivity index (χ1) is 8.10. The number of aliphatic hydroxyl groups is 1. The lowest BCUT2D eigenvalue weighted by Gasteiger charge is -2.35. The lowest BCUT2D eigenvalue weighted by molar-refractivity contribution is 0.0969. The van der Waals surface area contributed by atoms with E-state index in [1.165, 1.54) is 0 Å². The van der Waals surface area contributed by atoms with Crippen LogP contribution in [-0.2, 0) is 0 Å². The monoisotopic (exact) mass is 238 g/mol. The van der Waals surface area contributed by atoms with Crippen molar-refractivity contribution in [2.75, 3.05) is 29.1 Å². The Morgan fingerprint density at radius 1 is 1.53 bits per heavy atom. The number of aromatic nitrogens is 2. The van der Waals surface area contributed by atoms with Crippen LogP contribution in [0.4, 0.5) is 17.6 Å². The van der Waals surface area contributed by atoms with E-state index in [1.54, 1.807) is 6.07 Å². The topological polar surface area (TPSA) is 113 Å². The number of nitrogen functional groups attached to an aromatic ring is 2. The molecule has 1 aliphatic heterocycles. The SMILES string of the molecule is CC1CN(c2cc(NN)nc(N)n2)CCC1O. The number of nitrogens with zero attached hydrogens (tertiary/aromatic N) is 3. The van der Waals surface area contributed by atoms with Gasteiger partial charge >= 0.3 is 0 Å². The van der Waals surface area contributed by atoms with Crippen molar-refractivity contribution in [3.8, 4) is 0 Å². The van der Waals surface area contributed by atoms with E-state index >= 15 is 0 Å². The van der Waals surface area contributed by atoms with Crippen LogP contribution in [0.1, 0.15) is 13.3 Å². The van der Waals surface area contributed by atoms with Crippen molar-refractivity contribution in [3.05, 3.63) is 6.07 Å². The Hall–Kier alpha value is -1.60. The molecule has 1 aromatic rings. The normalized spacial score (nSPS) is 24.8. The molecule has 7 heteroatoms. The number of rotatable bonds is 2. The van der Waals surface area contributed by atoms with Crippen LogP contribution in [0.15, 0.2) is 6.07 Å². The third-order valence-corrected chi connectivity index (χ3v) is 3.06. The second kappa shape index (κ2) is 4.72. The zero-order valence-electron chi connectivity index (χ0n) is 9.80. The van der Waals surface area contributed by atoms with Gasteiger partial charge in [0.2, 0.25) is 5.95 Å². The van der Waals surface area contributed by atoms with Crippen LogP contribution in [0.25, 0.3) is 0 Å². The minimum absolute atomic E-state index is 0.189. The second-order valence-electron chi connectivity index (χ2n) is 4.39. The van der Waals surface area contributed by atoms with Crippen molar-refractivity contribution in [1.29, 1.82) is 0 Å². The van der Waals surface area contributed by atoms with E-state index in [0.29, 0.717) is 5.82 Å². The molecule has 7 nitrogen and oxygen atoms in total. The molecule has 0 aliphatic carbocycles. The quantitative estimate of drug-likeness (QED) is 0.407. The number of nitrogens with one attached hydrogen (secondary N) is 1. The molecular weight excluding hydrogens is 220 g/mol. The van der Waals surface area contributed by atoms with E-state index in [0.717, 1.165) is 25.3 Å². The third kappa shape index (κ3) is 2.56.